The molecule has 0 fully saturated rings. The van der Waals surface area contributed by atoms with Crippen LogP contribution in [0.3, 0.4) is 0 Å². The van der Waals surface area contributed by atoms with E-state index in [9.17, 15) is 9.59 Å². The first-order valence-corrected chi connectivity index (χ1v) is 6.91. The number of nitrogens with one attached hydrogen (secondary N) is 2. The predicted molar refractivity (Wildman–Crippen MR) is 76.5 cm³/mol. The summed E-state index contributed by atoms with van der Waals surface area (Å²) >= 11 is 0. The van der Waals surface area contributed by atoms with Crippen LogP contribution >= 0.6 is 0 Å². The molecule has 0 atom stereocenters. The summed E-state index contributed by atoms with van der Waals surface area (Å²) in [5, 5.41) is 17.6. The molecule has 0 unspecified atom stereocenters. The Morgan fingerprint density at radius 3 is 1.55 bits per heavy atom. The van der Waals surface area contributed by atoms with Crippen LogP contribution < -0.4 is 20.4 Å². The van der Waals surface area contributed by atoms with Crippen molar-refractivity contribution in [2.24, 2.45) is 0 Å². The second-order valence-electron chi connectivity index (χ2n) is 4.42. The summed E-state index contributed by atoms with van der Waals surface area (Å²) in [5.41, 5.74) is 3.09. The van der Waals surface area contributed by atoms with Crippen LogP contribution in [0, 0.1) is 0 Å². The van der Waals surface area contributed by atoms with Crippen LogP contribution in [0.4, 0.5) is 0 Å². The van der Waals surface area contributed by atoms with E-state index in [4.69, 9.17) is 19.9 Å². The number of hydrogen-bond acceptors (Lipinski definition) is 6. The monoisotopic (exact) mass is 312 g/mol. The summed E-state index contributed by atoms with van der Waals surface area (Å²) in [6, 6.07) is 2.58. The Bertz CT molecular complexity index is 485. The summed E-state index contributed by atoms with van der Waals surface area (Å²) in [4.78, 5) is 23.5. The van der Waals surface area contributed by atoms with Crippen LogP contribution in [0.5, 0.6) is 11.5 Å². The molecule has 4 N–H and O–H groups in total. The van der Waals surface area contributed by atoms with E-state index in [-0.39, 0.29) is 22.6 Å². The van der Waals surface area contributed by atoms with E-state index >= 15 is 0 Å². The van der Waals surface area contributed by atoms with Gasteiger partial charge in [-0.25, -0.2) is 11.0 Å². The van der Waals surface area contributed by atoms with Crippen molar-refractivity contribution in [3.63, 3.8) is 0 Å². The van der Waals surface area contributed by atoms with Crippen LogP contribution in [-0.2, 0) is 0 Å². The SMILES string of the molecule is CCCOc1cc(C(=O)NO)c(OCCC)cc1C(=O)NO. The second kappa shape index (κ2) is 8.85. The fourth-order valence-corrected chi connectivity index (χ4v) is 1.70. The lowest BCUT2D eigenvalue weighted by atomic mass is 10.1. The molecule has 0 saturated carbocycles. The third-order valence-electron chi connectivity index (χ3n) is 2.70. The van der Waals surface area contributed by atoms with Crippen LogP contribution in [0.15, 0.2) is 12.1 Å². The molecule has 22 heavy (non-hydrogen) atoms. The molecule has 1 aromatic rings. The zero-order valence-corrected chi connectivity index (χ0v) is 12.5. The Morgan fingerprint density at radius 2 is 1.27 bits per heavy atom. The van der Waals surface area contributed by atoms with Crippen LogP contribution in [0.1, 0.15) is 47.4 Å². The van der Waals surface area contributed by atoms with Gasteiger partial charge in [-0.1, -0.05) is 13.8 Å². The normalized spacial score (nSPS) is 10.0. The van der Waals surface area contributed by atoms with Gasteiger partial charge in [0.25, 0.3) is 11.8 Å². The zero-order chi connectivity index (χ0) is 16.5. The smallest absolute Gasteiger partial charge is 0.278 e. The Balaban J connectivity index is 3.34. The molecule has 0 aromatic heterocycles. The number of amides is 2. The molecule has 0 radical (unpaired) electrons. The number of ether oxygens (including phenoxy) is 2. The predicted octanol–water partition coefficient (Wildman–Crippen LogP) is 1.50. The number of hydroxylamine groups is 2. The number of rotatable bonds is 8. The lowest BCUT2D eigenvalue weighted by Gasteiger charge is -2.15. The van der Waals surface area contributed by atoms with Crippen molar-refractivity contribution in [2.45, 2.75) is 26.7 Å². The highest BCUT2D eigenvalue weighted by atomic mass is 16.5. The summed E-state index contributed by atoms with van der Waals surface area (Å²) in [7, 11) is 0. The highest BCUT2D eigenvalue weighted by Gasteiger charge is 2.21. The summed E-state index contributed by atoms with van der Waals surface area (Å²) < 4.78 is 10.8. The standard InChI is InChI=1S/C14H20N2O6/c1-3-5-21-11-7-10(14(18)16-20)12(22-6-4-2)8-9(11)13(17)15-19/h7-8,19-20H,3-6H2,1-2H3,(H,15,17)(H,16,18). The number of benzene rings is 1. The van der Waals surface area contributed by atoms with E-state index in [1.807, 2.05) is 13.8 Å². The van der Waals surface area contributed by atoms with Crippen molar-refractivity contribution in [1.82, 2.24) is 11.0 Å². The van der Waals surface area contributed by atoms with Gasteiger partial charge in [0.1, 0.15) is 11.5 Å². The van der Waals surface area contributed by atoms with Crippen molar-refractivity contribution in [1.29, 1.82) is 0 Å². The minimum absolute atomic E-state index is 0.0246. The fraction of sp³-hybridized carbons (Fsp3) is 0.429. The van der Waals surface area contributed by atoms with Crippen molar-refractivity contribution in [3.8, 4) is 11.5 Å². The van der Waals surface area contributed by atoms with Gasteiger partial charge in [0.2, 0.25) is 0 Å². The van der Waals surface area contributed by atoms with Crippen LogP contribution in [0.25, 0.3) is 0 Å². The summed E-state index contributed by atoms with van der Waals surface area (Å²) in [6.45, 7) is 4.40. The topological polar surface area (TPSA) is 117 Å². The van der Waals surface area contributed by atoms with E-state index in [0.29, 0.717) is 26.1 Å². The van der Waals surface area contributed by atoms with Crippen molar-refractivity contribution < 1.29 is 29.5 Å². The average Bonchev–Trinajstić information content (AvgIpc) is 2.56. The molecule has 0 aliphatic carbocycles. The molecule has 0 aliphatic rings. The number of hydrogen-bond donors (Lipinski definition) is 4. The summed E-state index contributed by atoms with van der Waals surface area (Å²) in [6.07, 6.45) is 1.38. The molecule has 0 saturated heterocycles. The van der Waals surface area contributed by atoms with E-state index in [2.05, 4.69) is 0 Å². The van der Waals surface area contributed by atoms with Gasteiger partial charge in [-0.2, -0.15) is 0 Å². The molecule has 8 nitrogen and oxygen atoms in total. The fourth-order valence-electron chi connectivity index (χ4n) is 1.70. The molecule has 0 aliphatic heterocycles. The molecule has 1 aromatic carbocycles. The third-order valence-corrected chi connectivity index (χ3v) is 2.70. The highest BCUT2D eigenvalue weighted by molar-refractivity contribution is 6.01. The van der Waals surface area contributed by atoms with E-state index in [1.54, 1.807) is 0 Å². The zero-order valence-electron chi connectivity index (χ0n) is 12.5. The van der Waals surface area contributed by atoms with E-state index in [0.717, 1.165) is 0 Å². The molecule has 2 amide bonds. The van der Waals surface area contributed by atoms with Crippen molar-refractivity contribution >= 4 is 11.8 Å². The molecule has 1 rings (SSSR count). The molecule has 122 valence electrons. The summed E-state index contributed by atoms with van der Waals surface area (Å²) in [5.74, 6) is -1.36. The molecule has 0 spiro atoms. The first-order valence-electron chi connectivity index (χ1n) is 6.91. The first kappa shape index (κ1) is 17.7. The van der Waals surface area contributed by atoms with Crippen molar-refractivity contribution in [2.75, 3.05) is 13.2 Å². The van der Waals surface area contributed by atoms with Gasteiger partial charge in [-0.05, 0) is 25.0 Å². The van der Waals surface area contributed by atoms with Gasteiger partial charge in [0, 0.05) is 0 Å². The first-order chi connectivity index (χ1) is 10.6. The molecular formula is C14H20N2O6. The minimum Gasteiger partial charge on any atom is -0.493 e. The van der Waals surface area contributed by atoms with Gasteiger partial charge in [-0.15, -0.1) is 0 Å². The molecule has 8 heteroatoms. The largest absolute Gasteiger partial charge is 0.493 e. The Hall–Kier alpha value is -2.32. The van der Waals surface area contributed by atoms with E-state index < -0.39 is 11.8 Å². The van der Waals surface area contributed by atoms with Crippen LogP contribution in [-0.4, -0.2) is 35.4 Å². The maximum Gasteiger partial charge on any atom is 0.278 e. The van der Waals surface area contributed by atoms with Gasteiger partial charge >= 0.3 is 0 Å². The third kappa shape index (κ3) is 4.34. The maximum absolute atomic E-state index is 11.7. The van der Waals surface area contributed by atoms with Crippen LogP contribution in [0.2, 0.25) is 0 Å². The Labute approximate surface area is 127 Å². The van der Waals surface area contributed by atoms with Gasteiger partial charge in [0.15, 0.2) is 0 Å². The second-order valence-corrected chi connectivity index (χ2v) is 4.42. The number of carbonyl (C=O) groups is 2. The van der Waals surface area contributed by atoms with E-state index in [1.165, 1.54) is 23.1 Å². The maximum atomic E-state index is 11.7. The molecule has 0 bridgehead atoms. The lowest BCUT2D eigenvalue weighted by molar-refractivity contribution is 0.0690. The minimum atomic E-state index is -0.789. The van der Waals surface area contributed by atoms with Gasteiger partial charge in [-0.3, -0.25) is 20.0 Å². The molecule has 0 heterocycles. The van der Waals surface area contributed by atoms with Crippen molar-refractivity contribution in [3.05, 3.63) is 23.3 Å². The lowest BCUT2D eigenvalue weighted by Crippen LogP contribution is -2.23. The van der Waals surface area contributed by atoms with Gasteiger partial charge < -0.3 is 9.47 Å². The van der Waals surface area contributed by atoms with Gasteiger partial charge in [0.05, 0.1) is 24.3 Å². The quantitative estimate of drug-likeness (QED) is 0.427. The Kier molecular flexibility index (Phi) is 7.14. The molecular weight excluding hydrogens is 292 g/mol. The number of carbonyl (C=O) groups excluding carboxylic acids is 2. The Morgan fingerprint density at radius 1 is 0.909 bits per heavy atom. The average molecular weight is 312 g/mol. The highest BCUT2D eigenvalue weighted by Crippen LogP contribution is 2.29.